The van der Waals surface area contributed by atoms with Gasteiger partial charge in [-0.1, -0.05) is 57.0 Å². The predicted octanol–water partition coefficient (Wildman–Crippen LogP) is 5.20. The minimum absolute atomic E-state index is 0.271. The van der Waals surface area contributed by atoms with Crippen LogP contribution >= 0.6 is 23.2 Å². The smallest absolute Gasteiger partial charge is 0.0595 e. The Morgan fingerprint density at radius 1 is 1.16 bits per heavy atom. The molecule has 1 aromatic rings. The summed E-state index contributed by atoms with van der Waals surface area (Å²) in [6.07, 6.45) is 2.20. The first-order valence-corrected chi connectivity index (χ1v) is 7.74. The molecule has 0 amide bonds. The first-order chi connectivity index (χ1) is 8.84. The standard InChI is InChI=1S/C16H25Cl2N/c1-5-8-19-11-13(16(2,3)4)9-12-6-7-14(17)15(18)10-12/h6-7,10,13,19H,5,8-9,11H2,1-4H3. The fourth-order valence-electron chi connectivity index (χ4n) is 2.09. The van der Waals surface area contributed by atoms with E-state index in [0.29, 0.717) is 16.0 Å². The first-order valence-electron chi connectivity index (χ1n) is 6.99. The Kier molecular flexibility index (Phi) is 6.65. The number of nitrogens with one attached hydrogen (secondary N) is 1. The van der Waals surface area contributed by atoms with E-state index in [4.69, 9.17) is 23.2 Å². The third-order valence-electron chi connectivity index (χ3n) is 3.51. The highest BCUT2D eigenvalue weighted by Crippen LogP contribution is 2.30. The van der Waals surface area contributed by atoms with Crippen molar-refractivity contribution >= 4 is 23.2 Å². The van der Waals surface area contributed by atoms with Crippen molar-refractivity contribution < 1.29 is 0 Å². The summed E-state index contributed by atoms with van der Waals surface area (Å²) in [4.78, 5) is 0. The Balaban J connectivity index is 2.73. The third kappa shape index (κ3) is 5.72. The van der Waals surface area contributed by atoms with Crippen LogP contribution in [0.4, 0.5) is 0 Å². The van der Waals surface area contributed by atoms with Crippen molar-refractivity contribution in [2.24, 2.45) is 11.3 Å². The summed E-state index contributed by atoms with van der Waals surface area (Å²) in [5, 5.41) is 4.80. The molecule has 0 aliphatic rings. The van der Waals surface area contributed by atoms with Crippen molar-refractivity contribution in [2.45, 2.75) is 40.5 Å². The second kappa shape index (κ2) is 7.52. The summed E-state index contributed by atoms with van der Waals surface area (Å²) < 4.78 is 0. The SMILES string of the molecule is CCCNCC(Cc1ccc(Cl)c(Cl)c1)C(C)(C)C. The highest BCUT2D eigenvalue weighted by molar-refractivity contribution is 6.42. The van der Waals surface area contributed by atoms with Gasteiger partial charge in [0.05, 0.1) is 10.0 Å². The van der Waals surface area contributed by atoms with Crippen LogP contribution in [0, 0.1) is 11.3 Å². The van der Waals surface area contributed by atoms with E-state index in [2.05, 4.69) is 39.1 Å². The maximum absolute atomic E-state index is 6.09. The maximum Gasteiger partial charge on any atom is 0.0595 e. The van der Waals surface area contributed by atoms with E-state index in [0.717, 1.165) is 19.5 Å². The lowest BCUT2D eigenvalue weighted by Gasteiger charge is -2.31. The van der Waals surface area contributed by atoms with E-state index in [1.807, 2.05) is 12.1 Å². The number of benzene rings is 1. The van der Waals surface area contributed by atoms with Crippen molar-refractivity contribution in [1.29, 1.82) is 0 Å². The van der Waals surface area contributed by atoms with E-state index in [-0.39, 0.29) is 5.41 Å². The molecule has 0 aromatic heterocycles. The monoisotopic (exact) mass is 301 g/mol. The predicted molar refractivity (Wildman–Crippen MR) is 86.3 cm³/mol. The summed E-state index contributed by atoms with van der Waals surface area (Å²) in [5.41, 5.74) is 1.53. The molecule has 1 rings (SSSR count). The van der Waals surface area contributed by atoms with Crippen LogP contribution in [0.2, 0.25) is 10.0 Å². The fraction of sp³-hybridized carbons (Fsp3) is 0.625. The molecule has 3 heteroatoms. The Morgan fingerprint density at radius 3 is 2.37 bits per heavy atom. The van der Waals surface area contributed by atoms with Crippen molar-refractivity contribution in [3.63, 3.8) is 0 Å². The number of halogens is 2. The van der Waals surface area contributed by atoms with E-state index in [1.165, 1.54) is 12.0 Å². The molecule has 0 radical (unpaired) electrons. The van der Waals surface area contributed by atoms with Crippen LogP contribution in [-0.4, -0.2) is 13.1 Å². The maximum atomic E-state index is 6.09. The molecule has 1 unspecified atom stereocenters. The molecular weight excluding hydrogens is 277 g/mol. The second-order valence-corrected chi connectivity index (χ2v) is 7.03. The number of hydrogen-bond donors (Lipinski definition) is 1. The minimum Gasteiger partial charge on any atom is -0.316 e. The molecule has 0 aliphatic carbocycles. The third-order valence-corrected chi connectivity index (χ3v) is 4.25. The Labute approximate surface area is 127 Å². The van der Waals surface area contributed by atoms with Gasteiger partial charge >= 0.3 is 0 Å². The molecule has 19 heavy (non-hydrogen) atoms. The van der Waals surface area contributed by atoms with Gasteiger partial charge in [0.25, 0.3) is 0 Å². The van der Waals surface area contributed by atoms with Gasteiger partial charge in [0.1, 0.15) is 0 Å². The Morgan fingerprint density at radius 2 is 1.84 bits per heavy atom. The molecule has 1 N–H and O–H groups in total. The van der Waals surface area contributed by atoms with Crippen LogP contribution < -0.4 is 5.32 Å². The molecule has 1 aromatic carbocycles. The molecule has 0 fully saturated rings. The number of rotatable bonds is 6. The highest BCUT2D eigenvalue weighted by atomic mass is 35.5. The lowest BCUT2D eigenvalue weighted by molar-refractivity contribution is 0.231. The van der Waals surface area contributed by atoms with Crippen molar-refractivity contribution in [2.75, 3.05) is 13.1 Å². The van der Waals surface area contributed by atoms with E-state index in [1.54, 1.807) is 0 Å². The molecule has 0 bridgehead atoms. The molecule has 0 aliphatic heterocycles. The largest absolute Gasteiger partial charge is 0.316 e. The van der Waals surface area contributed by atoms with Gasteiger partial charge in [-0.25, -0.2) is 0 Å². The van der Waals surface area contributed by atoms with E-state index < -0.39 is 0 Å². The fourth-order valence-corrected chi connectivity index (χ4v) is 2.41. The molecule has 0 heterocycles. The van der Waals surface area contributed by atoms with Gasteiger partial charge in [-0.2, -0.15) is 0 Å². The topological polar surface area (TPSA) is 12.0 Å². The Bertz CT molecular complexity index is 396. The van der Waals surface area contributed by atoms with Crippen LogP contribution in [-0.2, 0) is 6.42 Å². The summed E-state index contributed by atoms with van der Waals surface area (Å²) >= 11 is 12.1. The van der Waals surface area contributed by atoms with E-state index >= 15 is 0 Å². The molecule has 0 saturated carbocycles. The van der Waals surface area contributed by atoms with Crippen LogP contribution in [0.5, 0.6) is 0 Å². The van der Waals surface area contributed by atoms with Crippen LogP contribution in [0.15, 0.2) is 18.2 Å². The summed E-state index contributed by atoms with van der Waals surface area (Å²) in [6, 6.07) is 5.95. The van der Waals surface area contributed by atoms with Gasteiger partial charge in [-0.15, -0.1) is 0 Å². The quantitative estimate of drug-likeness (QED) is 0.712. The van der Waals surface area contributed by atoms with Crippen molar-refractivity contribution in [3.8, 4) is 0 Å². The molecular formula is C16H25Cl2N. The summed E-state index contributed by atoms with van der Waals surface area (Å²) in [5.74, 6) is 0.580. The lowest BCUT2D eigenvalue weighted by atomic mass is 9.77. The Hall–Kier alpha value is -0.240. The molecule has 0 saturated heterocycles. The van der Waals surface area contributed by atoms with Gasteiger partial charge in [0.2, 0.25) is 0 Å². The minimum atomic E-state index is 0.271. The lowest BCUT2D eigenvalue weighted by Crippen LogP contribution is -2.33. The summed E-state index contributed by atoms with van der Waals surface area (Å²) in [7, 11) is 0. The number of hydrogen-bond acceptors (Lipinski definition) is 1. The van der Waals surface area contributed by atoms with Gasteiger partial charge in [0.15, 0.2) is 0 Å². The van der Waals surface area contributed by atoms with Crippen molar-refractivity contribution in [1.82, 2.24) is 5.32 Å². The summed E-state index contributed by atoms with van der Waals surface area (Å²) in [6.45, 7) is 11.2. The zero-order chi connectivity index (χ0) is 14.5. The zero-order valence-electron chi connectivity index (χ0n) is 12.4. The second-order valence-electron chi connectivity index (χ2n) is 6.22. The zero-order valence-corrected chi connectivity index (χ0v) is 13.9. The van der Waals surface area contributed by atoms with E-state index in [9.17, 15) is 0 Å². The normalized spacial score (nSPS) is 13.6. The van der Waals surface area contributed by atoms with Crippen LogP contribution in [0.1, 0.15) is 39.7 Å². The molecule has 1 nitrogen and oxygen atoms in total. The van der Waals surface area contributed by atoms with Crippen molar-refractivity contribution in [3.05, 3.63) is 33.8 Å². The van der Waals surface area contributed by atoms with Crippen LogP contribution in [0.3, 0.4) is 0 Å². The first kappa shape index (κ1) is 16.8. The average molecular weight is 302 g/mol. The average Bonchev–Trinajstić information content (AvgIpc) is 2.31. The van der Waals surface area contributed by atoms with Gasteiger partial charge in [-0.3, -0.25) is 0 Å². The van der Waals surface area contributed by atoms with Gasteiger partial charge in [-0.05, 0) is 55.0 Å². The van der Waals surface area contributed by atoms with Gasteiger partial charge < -0.3 is 5.32 Å². The molecule has 1 atom stereocenters. The molecule has 108 valence electrons. The molecule has 0 spiro atoms. The highest BCUT2D eigenvalue weighted by Gasteiger charge is 2.24. The van der Waals surface area contributed by atoms with Crippen LogP contribution in [0.25, 0.3) is 0 Å². The van der Waals surface area contributed by atoms with Gasteiger partial charge in [0, 0.05) is 0 Å².